The van der Waals surface area contributed by atoms with Gasteiger partial charge in [0.25, 0.3) is 0 Å². The smallest absolute Gasteiger partial charge is 0.339 e. The average Bonchev–Trinajstić information content (AvgIpc) is 3.65. The van der Waals surface area contributed by atoms with E-state index in [0.717, 1.165) is 10.9 Å². The Morgan fingerprint density at radius 1 is 0.977 bits per heavy atom. The zero-order valence-corrected chi connectivity index (χ0v) is 24.6. The van der Waals surface area contributed by atoms with Crippen molar-refractivity contribution in [2.24, 2.45) is 23.7 Å². The number of carbonyl (C=O) groups is 4. The summed E-state index contributed by atoms with van der Waals surface area (Å²) in [6, 6.07) is 20.0. The number of benzene rings is 3. The van der Waals surface area contributed by atoms with Crippen LogP contribution >= 0.6 is 15.9 Å². The third kappa shape index (κ3) is 4.46. The van der Waals surface area contributed by atoms with Gasteiger partial charge in [-0.3, -0.25) is 19.3 Å². The Bertz CT molecular complexity index is 1900. The molecule has 4 aromatic rings. The number of para-hydroxylation sites is 1. The van der Waals surface area contributed by atoms with E-state index in [1.54, 1.807) is 54.6 Å². The monoisotopic (exact) mass is 636 g/mol. The number of nitrogens with zero attached hydrogens (tertiary/aromatic N) is 2. The molecule has 9 heteroatoms. The number of allylic oxidation sites excluding steroid dienone is 2. The van der Waals surface area contributed by atoms with Crippen molar-refractivity contribution in [2.75, 3.05) is 11.5 Å². The van der Waals surface area contributed by atoms with E-state index in [2.05, 4.69) is 22.0 Å². The number of esters is 1. The van der Waals surface area contributed by atoms with E-state index in [1.807, 2.05) is 13.0 Å². The molecule has 7 rings (SSSR count). The molecule has 0 spiro atoms. The number of halogens is 1. The van der Waals surface area contributed by atoms with Gasteiger partial charge in [-0.25, -0.2) is 9.78 Å². The van der Waals surface area contributed by atoms with Crippen molar-refractivity contribution < 1.29 is 29.0 Å². The highest BCUT2D eigenvalue weighted by atomic mass is 79.9. The van der Waals surface area contributed by atoms with Gasteiger partial charge in [0.15, 0.2) is 6.61 Å². The number of hydrogen-bond acceptors (Lipinski definition) is 7. The van der Waals surface area contributed by atoms with E-state index in [4.69, 9.17) is 9.72 Å². The van der Waals surface area contributed by atoms with Crippen LogP contribution in [0.3, 0.4) is 0 Å². The second-order valence-corrected chi connectivity index (χ2v) is 12.2. The number of aromatic hydroxyl groups is 1. The largest absolute Gasteiger partial charge is 0.507 e. The first kappa shape index (κ1) is 27.2. The Morgan fingerprint density at radius 2 is 1.72 bits per heavy atom. The predicted molar refractivity (Wildman–Crippen MR) is 162 cm³/mol. The molecule has 214 valence electrons. The zero-order valence-electron chi connectivity index (χ0n) is 23.0. The molecular weight excluding hydrogens is 612 g/mol. The standard InChI is InChI=1S/C34H25BrN2O6/c1-17-12-19-13-23(17)31-30(19)32(40)37(33(31)41)21-9-6-18(7-10-21)27-15-25(24-14-20(35)8-11-26(24)36-27)34(42)43-16-29(39)22-4-2-3-5-28(22)38/h2-12,14-15,19,23,30-31,38H,13,16H2,1H3. The van der Waals surface area contributed by atoms with Gasteiger partial charge in [0.05, 0.1) is 39.9 Å². The zero-order chi connectivity index (χ0) is 30.0. The molecule has 1 N–H and O–H groups in total. The lowest BCUT2D eigenvalue weighted by Crippen LogP contribution is -2.32. The summed E-state index contributed by atoms with van der Waals surface area (Å²) < 4.78 is 6.12. The van der Waals surface area contributed by atoms with Gasteiger partial charge < -0.3 is 9.84 Å². The van der Waals surface area contributed by atoms with Crippen molar-refractivity contribution in [1.29, 1.82) is 0 Å². The summed E-state index contributed by atoms with van der Waals surface area (Å²) in [7, 11) is 0. The fourth-order valence-corrected chi connectivity index (χ4v) is 7.18. The summed E-state index contributed by atoms with van der Waals surface area (Å²) in [5, 5.41) is 10.5. The molecule has 0 radical (unpaired) electrons. The molecule has 4 atom stereocenters. The fraction of sp³-hybridized carbons (Fsp3) is 0.206. The van der Waals surface area contributed by atoms with Gasteiger partial charge in [0.1, 0.15) is 5.75 Å². The van der Waals surface area contributed by atoms with Gasteiger partial charge in [0.2, 0.25) is 17.6 Å². The number of ketones is 1. The van der Waals surface area contributed by atoms with Crippen molar-refractivity contribution in [3.05, 3.63) is 100 Å². The molecule has 2 fully saturated rings. The van der Waals surface area contributed by atoms with Gasteiger partial charge in [-0.1, -0.05) is 51.8 Å². The second kappa shape index (κ2) is 10.3. The topological polar surface area (TPSA) is 114 Å². The highest BCUT2D eigenvalue weighted by Crippen LogP contribution is 2.56. The first-order chi connectivity index (χ1) is 20.7. The Labute approximate surface area is 255 Å². The summed E-state index contributed by atoms with van der Waals surface area (Å²) in [5.41, 5.74) is 3.69. The number of hydrogen-bond donors (Lipinski definition) is 1. The van der Waals surface area contributed by atoms with E-state index < -0.39 is 18.4 Å². The molecule has 2 heterocycles. The number of phenolic OH excluding ortho intramolecular Hbond substituents is 1. The lowest BCUT2D eigenvalue weighted by atomic mass is 9.82. The van der Waals surface area contributed by atoms with Crippen LogP contribution in [-0.4, -0.2) is 40.3 Å². The van der Waals surface area contributed by atoms with Gasteiger partial charge in [-0.15, -0.1) is 0 Å². The molecule has 2 aliphatic carbocycles. The first-order valence-corrected chi connectivity index (χ1v) is 14.8. The van der Waals surface area contributed by atoms with Crippen LogP contribution in [0, 0.1) is 23.7 Å². The Hall–Kier alpha value is -4.63. The number of carbonyl (C=O) groups excluding carboxylic acids is 4. The number of anilines is 1. The summed E-state index contributed by atoms with van der Waals surface area (Å²) >= 11 is 3.44. The van der Waals surface area contributed by atoms with Gasteiger partial charge in [0, 0.05) is 15.4 Å². The molecular formula is C34H25BrN2O6. The van der Waals surface area contributed by atoms with Crippen LogP contribution in [0.15, 0.2) is 88.9 Å². The molecule has 2 bridgehead atoms. The van der Waals surface area contributed by atoms with Gasteiger partial charge in [-0.2, -0.15) is 0 Å². The van der Waals surface area contributed by atoms with Crippen molar-refractivity contribution in [2.45, 2.75) is 13.3 Å². The molecule has 3 aromatic carbocycles. The lowest BCUT2D eigenvalue weighted by molar-refractivity contribution is -0.123. The minimum Gasteiger partial charge on any atom is -0.507 e. The number of rotatable bonds is 6. The molecule has 43 heavy (non-hydrogen) atoms. The van der Waals surface area contributed by atoms with E-state index in [0.29, 0.717) is 27.8 Å². The number of aromatic nitrogens is 1. The number of phenols is 1. The Morgan fingerprint density at radius 3 is 2.49 bits per heavy atom. The van der Waals surface area contributed by atoms with Crippen LogP contribution in [0.4, 0.5) is 5.69 Å². The quantitative estimate of drug-likeness (QED) is 0.117. The number of ether oxygens (including phenoxy) is 1. The highest BCUT2D eigenvalue weighted by Gasteiger charge is 2.60. The molecule has 1 saturated heterocycles. The van der Waals surface area contributed by atoms with Crippen LogP contribution < -0.4 is 4.90 Å². The molecule has 1 aromatic heterocycles. The van der Waals surface area contributed by atoms with E-state index in [-0.39, 0.29) is 52.4 Å². The first-order valence-electron chi connectivity index (χ1n) is 14.0. The van der Waals surface area contributed by atoms with E-state index in [9.17, 15) is 24.3 Å². The van der Waals surface area contributed by atoms with Crippen molar-refractivity contribution in [1.82, 2.24) is 4.98 Å². The van der Waals surface area contributed by atoms with Gasteiger partial charge in [-0.05, 0) is 73.7 Å². The number of amides is 2. The number of imide groups is 1. The number of Topliss-reactive ketones (excluding diaryl/α,β-unsaturated/α-hetero) is 1. The summed E-state index contributed by atoms with van der Waals surface area (Å²) in [5.74, 6) is -2.01. The molecule has 8 nitrogen and oxygen atoms in total. The lowest BCUT2D eigenvalue weighted by Gasteiger charge is -2.19. The fourth-order valence-electron chi connectivity index (χ4n) is 6.82. The van der Waals surface area contributed by atoms with Crippen LogP contribution in [0.1, 0.15) is 34.1 Å². The van der Waals surface area contributed by atoms with Gasteiger partial charge >= 0.3 is 5.97 Å². The molecule has 4 unspecified atom stereocenters. The van der Waals surface area contributed by atoms with Crippen molar-refractivity contribution in [3.63, 3.8) is 0 Å². The maximum atomic E-state index is 13.4. The summed E-state index contributed by atoms with van der Waals surface area (Å²) in [6.45, 7) is 1.50. The SMILES string of the molecule is CC1=CC2CC1C1C(=O)N(c3ccc(-c4cc(C(=O)OCC(=O)c5ccccc5O)c5cc(Br)ccc5n4)cc3)C(=O)C21. The van der Waals surface area contributed by atoms with E-state index >= 15 is 0 Å². The van der Waals surface area contributed by atoms with Crippen LogP contribution in [-0.2, 0) is 14.3 Å². The van der Waals surface area contributed by atoms with Crippen molar-refractivity contribution >= 4 is 56.1 Å². The third-order valence-corrected chi connectivity index (χ3v) is 9.32. The minimum atomic E-state index is -0.717. The highest BCUT2D eigenvalue weighted by molar-refractivity contribution is 9.10. The predicted octanol–water partition coefficient (Wildman–Crippen LogP) is 6.11. The minimum absolute atomic E-state index is 0.0658. The number of pyridine rings is 1. The summed E-state index contributed by atoms with van der Waals surface area (Å²) in [4.78, 5) is 58.7. The van der Waals surface area contributed by atoms with Crippen LogP contribution in [0.25, 0.3) is 22.2 Å². The second-order valence-electron chi connectivity index (χ2n) is 11.3. The Balaban J connectivity index is 1.17. The molecule has 1 aliphatic heterocycles. The normalized spacial score (nSPS) is 22.2. The Kier molecular flexibility index (Phi) is 6.50. The summed E-state index contributed by atoms with van der Waals surface area (Å²) in [6.07, 6.45) is 3.03. The average molecular weight is 637 g/mol. The van der Waals surface area contributed by atoms with Crippen LogP contribution in [0.2, 0.25) is 0 Å². The molecule has 1 saturated carbocycles. The maximum Gasteiger partial charge on any atom is 0.339 e. The van der Waals surface area contributed by atoms with Crippen LogP contribution in [0.5, 0.6) is 5.75 Å². The molecule has 2 amide bonds. The number of fused-ring (bicyclic) bond motifs is 6. The third-order valence-electron chi connectivity index (χ3n) is 8.83. The maximum absolute atomic E-state index is 13.4. The molecule has 3 aliphatic rings. The van der Waals surface area contributed by atoms with E-state index in [1.165, 1.54) is 22.6 Å². The van der Waals surface area contributed by atoms with Crippen molar-refractivity contribution in [3.8, 4) is 17.0 Å².